The lowest BCUT2D eigenvalue weighted by Gasteiger charge is -2.08. The minimum atomic E-state index is -0.586. The summed E-state index contributed by atoms with van der Waals surface area (Å²) in [4.78, 5) is 20.8. The van der Waals surface area contributed by atoms with Crippen molar-refractivity contribution in [3.05, 3.63) is 71.7 Å². The van der Waals surface area contributed by atoms with Gasteiger partial charge < -0.3 is 15.1 Å². The average molecular weight is 365 g/mol. The second-order valence-corrected chi connectivity index (χ2v) is 6.69. The molecule has 1 aromatic heterocycles. The molecule has 1 atom stereocenters. The van der Waals surface area contributed by atoms with Gasteiger partial charge in [0.15, 0.2) is 0 Å². The van der Waals surface area contributed by atoms with E-state index < -0.39 is 6.10 Å². The third-order valence-corrected chi connectivity index (χ3v) is 4.66. The van der Waals surface area contributed by atoms with Crippen molar-refractivity contribution in [1.29, 1.82) is 0 Å². The molecule has 2 N–H and O–H groups in total. The van der Waals surface area contributed by atoms with Crippen LogP contribution in [0.2, 0.25) is 0 Å². The van der Waals surface area contributed by atoms with E-state index in [2.05, 4.69) is 27.6 Å². The lowest BCUT2D eigenvalue weighted by molar-refractivity contribution is -0.131. The van der Waals surface area contributed by atoms with Crippen molar-refractivity contribution < 1.29 is 14.0 Å². The molecule has 138 valence electrons. The Morgan fingerprint density at radius 2 is 2.04 bits per heavy atom. The third-order valence-electron chi connectivity index (χ3n) is 4.66. The fourth-order valence-electron chi connectivity index (χ4n) is 3.20. The summed E-state index contributed by atoms with van der Waals surface area (Å²) in [6, 6.07) is 16.5. The van der Waals surface area contributed by atoms with Crippen LogP contribution in [-0.4, -0.2) is 22.7 Å². The molecule has 5 nitrogen and oxygen atoms in total. The van der Waals surface area contributed by atoms with E-state index >= 15 is 0 Å². The number of aryl methyl sites for hydroxylation is 1. The zero-order chi connectivity index (χ0) is 18.6. The molecule has 0 bridgehead atoms. The zero-order valence-corrected chi connectivity index (χ0v) is 14.7. The van der Waals surface area contributed by atoms with Gasteiger partial charge in [-0.1, -0.05) is 35.5 Å². The van der Waals surface area contributed by atoms with Gasteiger partial charge in [0.1, 0.15) is 5.82 Å². The van der Waals surface area contributed by atoms with Gasteiger partial charge in [-0.2, -0.15) is 0 Å². The number of carbonyl (C=O) groups is 1. The molecule has 0 aliphatic carbocycles. The average Bonchev–Trinajstić information content (AvgIpc) is 3.31. The van der Waals surface area contributed by atoms with Gasteiger partial charge in [0.05, 0.1) is 12.3 Å². The first-order chi connectivity index (χ1) is 13.2. The summed E-state index contributed by atoms with van der Waals surface area (Å²) >= 11 is 0. The molecule has 27 heavy (non-hydrogen) atoms. The van der Waals surface area contributed by atoms with Gasteiger partial charge in [-0.15, -0.1) is 0 Å². The first kappa shape index (κ1) is 17.3. The van der Waals surface area contributed by atoms with Gasteiger partial charge in [-0.25, -0.2) is 4.39 Å². The summed E-state index contributed by atoms with van der Waals surface area (Å²) in [6.07, 6.45) is 1.58. The topological polar surface area (TPSA) is 66.5 Å². The number of aromatic amines is 1. The van der Waals surface area contributed by atoms with E-state index in [0.717, 1.165) is 35.2 Å². The zero-order valence-electron chi connectivity index (χ0n) is 14.7. The van der Waals surface area contributed by atoms with Crippen LogP contribution in [0.1, 0.15) is 24.1 Å². The van der Waals surface area contributed by atoms with Crippen molar-refractivity contribution in [1.82, 2.24) is 10.3 Å². The number of carbonyl (C=O) groups excluding carboxylic acids is 1. The number of oxime groups is 1. The molecule has 3 aromatic rings. The Kier molecular flexibility index (Phi) is 4.87. The fourth-order valence-corrected chi connectivity index (χ4v) is 3.20. The molecule has 0 saturated carbocycles. The maximum absolute atomic E-state index is 13.3. The Balaban J connectivity index is 1.26. The van der Waals surface area contributed by atoms with E-state index in [9.17, 15) is 9.18 Å². The van der Waals surface area contributed by atoms with Crippen molar-refractivity contribution in [3.8, 4) is 0 Å². The first-order valence-corrected chi connectivity index (χ1v) is 8.98. The number of fused-ring (bicyclic) bond motifs is 1. The van der Waals surface area contributed by atoms with Gasteiger partial charge in [0.2, 0.25) is 6.10 Å². The summed E-state index contributed by atoms with van der Waals surface area (Å²) < 4.78 is 13.3. The maximum atomic E-state index is 13.3. The van der Waals surface area contributed by atoms with Gasteiger partial charge in [-0.3, -0.25) is 4.79 Å². The Morgan fingerprint density at radius 3 is 2.89 bits per heavy atom. The number of benzene rings is 2. The van der Waals surface area contributed by atoms with Crippen LogP contribution in [0, 0.1) is 5.82 Å². The molecule has 1 aliphatic rings. The van der Waals surface area contributed by atoms with Crippen LogP contribution in [0.4, 0.5) is 4.39 Å². The smallest absolute Gasteiger partial charge is 0.264 e. The van der Waals surface area contributed by atoms with E-state index in [-0.39, 0.29) is 11.7 Å². The number of hydrogen-bond donors (Lipinski definition) is 2. The third kappa shape index (κ3) is 4.16. The van der Waals surface area contributed by atoms with E-state index in [1.807, 2.05) is 24.3 Å². The predicted molar refractivity (Wildman–Crippen MR) is 102 cm³/mol. The number of halogens is 1. The molecule has 4 rings (SSSR count). The lowest BCUT2D eigenvalue weighted by atomic mass is 10.0. The fraction of sp³-hybridized carbons (Fsp3) is 0.238. The van der Waals surface area contributed by atoms with Crippen molar-refractivity contribution >= 4 is 22.5 Å². The second kappa shape index (κ2) is 7.61. The number of amides is 1. The van der Waals surface area contributed by atoms with Crippen LogP contribution >= 0.6 is 0 Å². The molecule has 1 unspecified atom stereocenters. The largest absolute Gasteiger partial charge is 0.382 e. The first-order valence-electron chi connectivity index (χ1n) is 8.98. The monoisotopic (exact) mass is 365 g/mol. The van der Waals surface area contributed by atoms with Crippen LogP contribution in [0.15, 0.2) is 59.8 Å². The Morgan fingerprint density at radius 1 is 1.19 bits per heavy atom. The van der Waals surface area contributed by atoms with Crippen molar-refractivity contribution in [3.63, 3.8) is 0 Å². The molecule has 2 aromatic carbocycles. The highest BCUT2D eigenvalue weighted by atomic mass is 19.1. The van der Waals surface area contributed by atoms with E-state index in [4.69, 9.17) is 4.84 Å². The van der Waals surface area contributed by atoms with Crippen LogP contribution in [0.3, 0.4) is 0 Å². The molecule has 0 spiro atoms. The number of nitrogens with zero attached hydrogens (tertiary/aromatic N) is 1. The highest BCUT2D eigenvalue weighted by Crippen LogP contribution is 2.18. The molecule has 0 radical (unpaired) electrons. The van der Waals surface area contributed by atoms with Crippen molar-refractivity contribution in [2.45, 2.75) is 31.9 Å². The minimum absolute atomic E-state index is 0.196. The molecule has 0 fully saturated rings. The lowest BCUT2D eigenvalue weighted by Crippen LogP contribution is -2.34. The number of nitrogens with one attached hydrogen (secondary N) is 2. The van der Waals surface area contributed by atoms with Crippen LogP contribution in [0.25, 0.3) is 10.9 Å². The molecular weight excluding hydrogens is 345 g/mol. The number of hydrogen-bond acceptors (Lipinski definition) is 3. The SMILES string of the molecule is O=C(NCc1cc2cc(F)ccc2[nH]1)C1CC(CCc2ccccc2)=NO1. The van der Waals surface area contributed by atoms with Crippen LogP contribution in [0.5, 0.6) is 0 Å². The molecule has 2 heterocycles. The number of rotatable bonds is 6. The Hall–Kier alpha value is -3.15. The van der Waals surface area contributed by atoms with Crippen molar-refractivity contribution in [2.24, 2.45) is 5.16 Å². The molecule has 6 heteroatoms. The van der Waals surface area contributed by atoms with Gasteiger partial charge in [0.25, 0.3) is 5.91 Å². The van der Waals surface area contributed by atoms with E-state index in [0.29, 0.717) is 13.0 Å². The van der Waals surface area contributed by atoms with E-state index in [1.54, 1.807) is 6.07 Å². The Labute approximate surface area is 156 Å². The number of aromatic nitrogens is 1. The van der Waals surface area contributed by atoms with Crippen molar-refractivity contribution in [2.75, 3.05) is 0 Å². The predicted octanol–water partition coefficient (Wildman–Crippen LogP) is 3.70. The van der Waals surface area contributed by atoms with Crippen LogP contribution < -0.4 is 5.32 Å². The van der Waals surface area contributed by atoms with Gasteiger partial charge in [-0.05, 0) is 42.7 Å². The summed E-state index contributed by atoms with van der Waals surface area (Å²) in [5.74, 6) is -0.477. The van der Waals surface area contributed by atoms with Gasteiger partial charge in [0, 0.05) is 23.0 Å². The molecule has 1 amide bonds. The summed E-state index contributed by atoms with van der Waals surface area (Å²) in [6.45, 7) is 0.328. The summed E-state index contributed by atoms with van der Waals surface area (Å²) in [5.41, 5.74) is 3.79. The summed E-state index contributed by atoms with van der Waals surface area (Å²) in [5, 5.41) is 7.69. The standard InChI is InChI=1S/C21H20FN3O2/c22-16-7-9-19-15(10-16)11-18(24-19)13-23-21(26)20-12-17(25-27-20)8-6-14-4-2-1-3-5-14/h1-5,7,9-11,20,24H,6,8,12-13H2,(H,23,26). The van der Waals surface area contributed by atoms with E-state index in [1.165, 1.54) is 17.7 Å². The highest BCUT2D eigenvalue weighted by molar-refractivity contribution is 5.93. The summed E-state index contributed by atoms with van der Waals surface area (Å²) in [7, 11) is 0. The number of H-pyrrole nitrogens is 1. The molecule has 0 saturated heterocycles. The van der Waals surface area contributed by atoms with Gasteiger partial charge >= 0.3 is 0 Å². The minimum Gasteiger partial charge on any atom is -0.382 e. The second-order valence-electron chi connectivity index (χ2n) is 6.69. The maximum Gasteiger partial charge on any atom is 0.264 e. The normalized spacial score (nSPS) is 16.2. The highest BCUT2D eigenvalue weighted by Gasteiger charge is 2.27. The molecule has 1 aliphatic heterocycles. The molecular formula is C21H20FN3O2. The van der Waals surface area contributed by atoms with Crippen LogP contribution in [-0.2, 0) is 22.6 Å². The quantitative estimate of drug-likeness (QED) is 0.699. The Bertz CT molecular complexity index is 982.